The summed E-state index contributed by atoms with van der Waals surface area (Å²) in [6, 6.07) is 16.3. The molecule has 1 aliphatic heterocycles. The molecule has 3 rings (SSSR count). The molecule has 4 nitrogen and oxygen atoms in total. The second kappa shape index (κ2) is 9.39. The van der Waals surface area contributed by atoms with Crippen LogP contribution in [0, 0.1) is 0 Å². The molecule has 1 N–H and O–H groups in total. The average Bonchev–Trinajstić information content (AvgIpc) is 2.70. The average molecular weight is 353 g/mol. The Kier molecular flexibility index (Phi) is 6.67. The standard InChI is InChI=1S/C22H27NO3/c1-25-14-6-5-11-21(24)23-22(17-8-3-2-4-9-17)19-12-13-20-18(16-19)10-7-15-26-20/h2-4,8-9,12-13,16,22H,5-7,10-11,14-15H2,1H3,(H,23,24). The minimum Gasteiger partial charge on any atom is -0.493 e. The number of unbranched alkanes of at least 4 members (excludes halogenated alkanes) is 1. The van der Waals surface area contributed by atoms with Crippen molar-refractivity contribution >= 4 is 5.91 Å². The molecule has 1 amide bonds. The highest BCUT2D eigenvalue weighted by atomic mass is 16.5. The van der Waals surface area contributed by atoms with Crippen LogP contribution in [0.5, 0.6) is 5.75 Å². The third-order valence-electron chi connectivity index (χ3n) is 4.71. The number of hydrogen-bond acceptors (Lipinski definition) is 3. The first-order valence-corrected chi connectivity index (χ1v) is 9.37. The van der Waals surface area contributed by atoms with Gasteiger partial charge in [-0.15, -0.1) is 0 Å². The number of rotatable bonds is 8. The number of carbonyl (C=O) groups excluding carboxylic acids is 1. The van der Waals surface area contributed by atoms with Crippen molar-refractivity contribution in [1.29, 1.82) is 0 Å². The first-order valence-electron chi connectivity index (χ1n) is 9.37. The quantitative estimate of drug-likeness (QED) is 0.729. The summed E-state index contributed by atoms with van der Waals surface area (Å²) in [5.41, 5.74) is 3.42. The number of nitrogens with one attached hydrogen (secondary N) is 1. The monoisotopic (exact) mass is 353 g/mol. The van der Waals surface area contributed by atoms with E-state index < -0.39 is 0 Å². The van der Waals surface area contributed by atoms with Crippen LogP contribution in [0.15, 0.2) is 48.5 Å². The normalized spacial score (nSPS) is 14.2. The van der Waals surface area contributed by atoms with Crippen molar-refractivity contribution in [2.45, 2.75) is 38.1 Å². The summed E-state index contributed by atoms with van der Waals surface area (Å²) in [4.78, 5) is 12.5. The van der Waals surface area contributed by atoms with E-state index in [0.29, 0.717) is 13.0 Å². The van der Waals surface area contributed by atoms with Crippen LogP contribution in [0.3, 0.4) is 0 Å². The van der Waals surface area contributed by atoms with Gasteiger partial charge in [0.15, 0.2) is 0 Å². The van der Waals surface area contributed by atoms with Crippen molar-refractivity contribution in [3.63, 3.8) is 0 Å². The largest absolute Gasteiger partial charge is 0.493 e. The lowest BCUT2D eigenvalue weighted by Gasteiger charge is -2.23. The molecule has 1 heterocycles. The van der Waals surface area contributed by atoms with Crippen LogP contribution in [-0.4, -0.2) is 26.2 Å². The van der Waals surface area contributed by atoms with Gasteiger partial charge in [0.25, 0.3) is 0 Å². The fourth-order valence-corrected chi connectivity index (χ4v) is 3.33. The second-order valence-corrected chi connectivity index (χ2v) is 6.68. The van der Waals surface area contributed by atoms with Gasteiger partial charge in [0.2, 0.25) is 5.91 Å². The minimum absolute atomic E-state index is 0.0731. The summed E-state index contributed by atoms with van der Waals surface area (Å²) in [5.74, 6) is 1.04. The molecular formula is C22H27NO3. The third-order valence-corrected chi connectivity index (χ3v) is 4.71. The van der Waals surface area contributed by atoms with E-state index in [4.69, 9.17) is 9.47 Å². The molecule has 2 aromatic rings. The summed E-state index contributed by atoms with van der Waals surface area (Å²) in [6.45, 7) is 1.48. The molecule has 26 heavy (non-hydrogen) atoms. The molecule has 0 aromatic heterocycles. The second-order valence-electron chi connectivity index (χ2n) is 6.68. The van der Waals surface area contributed by atoms with E-state index in [-0.39, 0.29) is 11.9 Å². The number of fused-ring (bicyclic) bond motifs is 1. The highest BCUT2D eigenvalue weighted by molar-refractivity contribution is 5.77. The van der Waals surface area contributed by atoms with E-state index >= 15 is 0 Å². The Morgan fingerprint density at radius 2 is 2.00 bits per heavy atom. The predicted octanol–water partition coefficient (Wildman–Crippen LogP) is 4.03. The van der Waals surface area contributed by atoms with E-state index in [9.17, 15) is 4.79 Å². The Morgan fingerprint density at radius 3 is 2.81 bits per heavy atom. The van der Waals surface area contributed by atoms with Crippen LogP contribution < -0.4 is 10.1 Å². The van der Waals surface area contributed by atoms with E-state index in [1.54, 1.807) is 7.11 Å². The van der Waals surface area contributed by atoms with Crippen LogP contribution in [-0.2, 0) is 16.0 Å². The molecule has 1 aliphatic rings. The number of ether oxygens (including phenoxy) is 2. The van der Waals surface area contributed by atoms with Crippen molar-refractivity contribution in [3.05, 3.63) is 65.2 Å². The Bertz CT molecular complexity index is 715. The summed E-state index contributed by atoms with van der Waals surface area (Å²) in [7, 11) is 1.69. The molecule has 0 radical (unpaired) electrons. The first-order chi connectivity index (χ1) is 12.8. The molecule has 138 valence electrons. The molecule has 0 saturated heterocycles. The lowest BCUT2D eigenvalue weighted by molar-refractivity contribution is -0.121. The molecular weight excluding hydrogens is 326 g/mol. The van der Waals surface area contributed by atoms with Crippen LogP contribution in [0.25, 0.3) is 0 Å². The number of amides is 1. The highest BCUT2D eigenvalue weighted by Gasteiger charge is 2.19. The summed E-state index contributed by atoms with van der Waals surface area (Å²) < 4.78 is 10.8. The number of aryl methyl sites for hydroxylation is 1. The first kappa shape index (κ1) is 18.5. The minimum atomic E-state index is -0.140. The number of benzene rings is 2. The molecule has 0 aliphatic carbocycles. The van der Waals surface area contributed by atoms with Crippen molar-refractivity contribution in [3.8, 4) is 5.75 Å². The van der Waals surface area contributed by atoms with E-state index in [0.717, 1.165) is 49.2 Å². The van der Waals surface area contributed by atoms with Crippen molar-refractivity contribution < 1.29 is 14.3 Å². The van der Waals surface area contributed by atoms with E-state index in [1.165, 1.54) is 5.56 Å². The number of carbonyl (C=O) groups is 1. The maximum absolute atomic E-state index is 12.5. The zero-order valence-electron chi connectivity index (χ0n) is 15.4. The number of hydrogen-bond donors (Lipinski definition) is 1. The van der Waals surface area contributed by atoms with Crippen LogP contribution >= 0.6 is 0 Å². The van der Waals surface area contributed by atoms with Gasteiger partial charge >= 0.3 is 0 Å². The van der Waals surface area contributed by atoms with E-state index in [2.05, 4.69) is 29.6 Å². The molecule has 0 fully saturated rings. The Labute approximate surface area is 155 Å². The molecule has 2 aromatic carbocycles. The van der Waals surface area contributed by atoms with Crippen LogP contribution in [0.4, 0.5) is 0 Å². The lowest BCUT2D eigenvalue weighted by Crippen LogP contribution is -2.29. The Hall–Kier alpha value is -2.33. The van der Waals surface area contributed by atoms with Gasteiger partial charge in [-0.25, -0.2) is 0 Å². The SMILES string of the molecule is COCCCCC(=O)NC(c1ccccc1)c1ccc2c(c1)CCCO2. The molecule has 0 saturated carbocycles. The zero-order chi connectivity index (χ0) is 18.2. The molecule has 4 heteroatoms. The number of methoxy groups -OCH3 is 1. The molecule has 0 bridgehead atoms. The molecule has 1 unspecified atom stereocenters. The molecule has 0 spiro atoms. The van der Waals surface area contributed by atoms with Gasteiger partial charge in [-0.2, -0.15) is 0 Å². The van der Waals surface area contributed by atoms with Gasteiger partial charge in [0, 0.05) is 20.1 Å². The van der Waals surface area contributed by atoms with E-state index in [1.807, 2.05) is 24.3 Å². The van der Waals surface area contributed by atoms with Gasteiger partial charge < -0.3 is 14.8 Å². The Balaban J connectivity index is 1.77. The summed E-state index contributed by atoms with van der Waals surface area (Å²) in [5, 5.41) is 3.21. The van der Waals surface area contributed by atoms with Gasteiger partial charge in [-0.05, 0) is 54.5 Å². The predicted molar refractivity (Wildman–Crippen MR) is 102 cm³/mol. The third kappa shape index (κ3) is 4.85. The van der Waals surface area contributed by atoms with Crippen molar-refractivity contribution in [1.82, 2.24) is 5.32 Å². The highest BCUT2D eigenvalue weighted by Crippen LogP contribution is 2.30. The smallest absolute Gasteiger partial charge is 0.220 e. The summed E-state index contributed by atoms with van der Waals surface area (Å²) >= 11 is 0. The van der Waals surface area contributed by atoms with Crippen molar-refractivity contribution in [2.24, 2.45) is 0 Å². The fourth-order valence-electron chi connectivity index (χ4n) is 3.33. The maximum atomic E-state index is 12.5. The maximum Gasteiger partial charge on any atom is 0.220 e. The lowest BCUT2D eigenvalue weighted by atomic mass is 9.94. The fraction of sp³-hybridized carbons (Fsp3) is 0.409. The Morgan fingerprint density at radius 1 is 1.15 bits per heavy atom. The topological polar surface area (TPSA) is 47.6 Å². The van der Waals surface area contributed by atoms with Gasteiger partial charge in [-0.1, -0.05) is 36.4 Å². The van der Waals surface area contributed by atoms with Crippen LogP contribution in [0.1, 0.15) is 48.4 Å². The molecule has 1 atom stereocenters. The van der Waals surface area contributed by atoms with Gasteiger partial charge in [0.1, 0.15) is 5.75 Å². The van der Waals surface area contributed by atoms with Crippen LogP contribution in [0.2, 0.25) is 0 Å². The van der Waals surface area contributed by atoms with Gasteiger partial charge in [-0.3, -0.25) is 4.79 Å². The van der Waals surface area contributed by atoms with Crippen molar-refractivity contribution in [2.75, 3.05) is 20.3 Å². The summed E-state index contributed by atoms with van der Waals surface area (Å²) in [6.07, 6.45) is 4.31. The van der Waals surface area contributed by atoms with Gasteiger partial charge in [0.05, 0.1) is 12.6 Å². The zero-order valence-corrected chi connectivity index (χ0v) is 15.4.